The maximum Gasteiger partial charge on any atom is 0.283 e. The average molecular weight is 274 g/mol. The van der Waals surface area contributed by atoms with Crippen LogP contribution >= 0.6 is 12.2 Å². The molecule has 19 heavy (non-hydrogen) atoms. The van der Waals surface area contributed by atoms with Crippen LogP contribution in [0.25, 0.3) is 0 Å². The molecule has 3 nitrogen and oxygen atoms in total. The van der Waals surface area contributed by atoms with E-state index in [4.69, 9.17) is 12.2 Å². The molecule has 0 aliphatic heterocycles. The molecule has 0 fully saturated rings. The monoisotopic (exact) mass is 274 g/mol. The maximum atomic E-state index is 13.4. The highest BCUT2D eigenvalue weighted by Crippen LogP contribution is 2.12. The van der Waals surface area contributed by atoms with Gasteiger partial charge in [-0.25, -0.2) is 4.39 Å². The summed E-state index contributed by atoms with van der Waals surface area (Å²) in [5.41, 5.74) is 0.806. The predicted molar refractivity (Wildman–Crippen MR) is 77.7 cm³/mol. The molecule has 2 aromatic rings. The molecule has 0 unspecified atom stereocenters. The van der Waals surface area contributed by atoms with Crippen molar-refractivity contribution in [1.29, 1.82) is 0 Å². The van der Waals surface area contributed by atoms with E-state index in [0.29, 0.717) is 5.69 Å². The van der Waals surface area contributed by atoms with Crippen LogP contribution in [0.3, 0.4) is 0 Å². The molecular weight excluding hydrogens is 263 g/mol. The number of hydrogen-bond donors (Lipinski definition) is 2. The van der Waals surface area contributed by atoms with Gasteiger partial charge in [-0.05, 0) is 24.3 Å². The predicted octanol–water partition coefficient (Wildman–Crippen LogP) is 3.20. The Morgan fingerprint density at radius 2 is 1.58 bits per heavy atom. The third-order valence-electron chi connectivity index (χ3n) is 2.36. The topological polar surface area (TPSA) is 41.1 Å². The van der Waals surface area contributed by atoms with Crippen molar-refractivity contribution in [3.05, 3.63) is 60.4 Å². The molecule has 0 saturated heterocycles. The minimum absolute atomic E-state index is 0.0190. The fraction of sp³-hybridized carbons (Fsp3) is 0. The Balaban J connectivity index is 2.01. The van der Waals surface area contributed by atoms with Crippen molar-refractivity contribution in [2.75, 3.05) is 10.6 Å². The summed E-state index contributed by atoms with van der Waals surface area (Å²) in [5, 5.41) is 5.19. The fourth-order valence-corrected chi connectivity index (χ4v) is 1.62. The van der Waals surface area contributed by atoms with Crippen LogP contribution in [0, 0.1) is 5.82 Å². The number of benzene rings is 2. The zero-order chi connectivity index (χ0) is 13.7. The lowest BCUT2D eigenvalue weighted by atomic mass is 10.3. The molecule has 0 saturated carbocycles. The van der Waals surface area contributed by atoms with Crippen molar-refractivity contribution in [3.63, 3.8) is 0 Å². The number of nitrogens with one attached hydrogen (secondary N) is 2. The van der Waals surface area contributed by atoms with E-state index in [-0.39, 0.29) is 10.7 Å². The molecular formula is C14H11FN2OS. The third kappa shape index (κ3) is 3.59. The molecule has 0 aliphatic rings. The molecule has 2 rings (SSSR count). The number of anilines is 2. The number of hydrogen-bond acceptors (Lipinski definition) is 2. The van der Waals surface area contributed by atoms with Gasteiger partial charge in [0, 0.05) is 5.69 Å². The summed E-state index contributed by atoms with van der Waals surface area (Å²) >= 11 is 4.96. The number of thiocarbonyl (C=S) groups is 1. The van der Waals surface area contributed by atoms with Crippen molar-refractivity contribution in [1.82, 2.24) is 0 Å². The van der Waals surface area contributed by atoms with Gasteiger partial charge >= 0.3 is 0 Å². The minimum atomic E-state index is -0.552. The summed E-state index contributed by atoms with van der Waals surface area (Å²) in [6, 6.07) is 15.0. The average Bonchev–Trinajstić information content (AvgIpc) is 2.42. The second-order valence-electron chi connectivity index (χ2n) is 3.75. The van der Waals surface area contributed by atoms with Crippen molar-refractivity contribution in [2.45, 2.75) is 0 Å². The summed E-state index contributed by atoms with van der Waals surface area (Å²) in [5.74, 6) is -1.05. The van der Waals surface area contributed by atoms with Gasteiger partial charge in [-0.1, -0.05) is 42.5 Å². The second kappa shape index (κ2) is 6.06. The fourth-order valence-electron chi connectivity index (χ4n) is 1.45. The summed E-state index contributed by atoms with van der Waals surface area (Å²) in [4.78, 5) is 11.8. The first kappa shape index (κ1) is 13.2. The number of rotatable bonds is 2. The number of carbonyl (C=O) groups is 1. The lowest BCUT2D eigenvalue weighted by Crippen LogP contribution is -2.27. The number of para-hydroxylation sites is 2. The summed E-state index contributed by atoms with van der Waals surface area (Å²) in [6.07, 6.45) is 0. The van der Waals surface area contributed by atoms with E-state index in [0.717, 1.165) is 0 Å². The molecule has 2 aromatic carbocycles. The Hall–Kier alpha value is -2.27. The van der Waals surface area contributed by atoms with Crippen LogP contribution < -0.4 is 10.6 Å². The van der Waals surface area contributed by atoms with Crippen LogP contribution in [-0.2, 0) is 4.79 Å². The van der Waals surface area contributed by atoms with E-state index in [1.165, 1.54) is 12.1 Å². The number of carbonyl (C=O) groups excluding carboxylic acids is 1. The van der Waals surface area contributed by atoms with E-state index >= 15 is 0 Å². The number of amides is 1. The Kier molecular flexibility index (Phi) is 4.20. The Bertz CT molecular complexity index is 601. The van der Waals surface area contributed by atoms with Gasteiger partial charge in [0.15, 0.2) is 4.99 Å². The van der Waals surface area contributed by atoms with Gasteiger partial charge < -0.3 is 10.6 Å². The normalized spacial score (nSPS) is 9.74. The van der Waals surface area contributed by atoms with E-state index < -0.39 is 11.7 Å². The Morgan fingerprint density at radius 1 is 0.947 bits per heavy atom. The number of halogens is 1. The van der Waals surface area contributed by atoms with Gasteiger partial charge in [0.05, 0.1) is 5.69 Å². The summed E-state index contributed by atoms with van der Waals surface area (Å²) in [7, 11) is 0. The molecule has 0 aliphatic carbocycles. The van der Waals surface area contributed by atoms with Crippen LogP contribution in [0.2, 0.25) is 0 Å². The van der Waals surface area contributed by atoms with Crippen LogP contribution in [-0.4, -0.2) is 10.9 Å². The highest BCUT2D eigenvalue weighted by atomic mass is 32.1. The van der Waals surface area contributed by atoms with Crippen molar-refractivity contribution in [2.24, 2.45) is 0 Å². The minimum Gasteiger partial charge on any atom is -0.342 e. The summed E-state index contributed by atoms with van der Waals surface area (Å²) < 4.78 is 13.4. The standard InChI is InChI=1S/C14H11FN2OS/c15-11-8-4-5-9-12(11)17-13(18)14(19)16-10-6-2-1-3-7-10/h1-9H,(H,16,19)(H,17,18). The lowest BCUT2D eigenvalue weighted by Gasteiger charge is -2.09. The van der Waals surface area contributed by atoms with Crippen molar-refractivity contribution >= 4 is 34.5 Å². The largest absolute Gasteiger partial charge is 0.342 e. The first-order chi connectivity index (χ1) is 9.16. The molecule has 0 heterocycles. The van der Waals surface area contributed by atoms with Gasteiger partial charge in [-0.15, -0.1) is 0 Å². The smallest absolute Gasteiger partial charge is 0.283 e. The molecule has 0 radical (unpaired) electrons. The highest BCUT2D eigenvalue weighted by molar-refractivity contribution is 7.82. The molecule has 0 spiro atoms. The zero-order valence-corrected chi connectivity index (χ0v) is 10.7. The van der Waals surface area contributed by atoms with Gasteiger partial charge in [0.25, 0.3) is 5.91 Å². The molecule has 2 N–H and O–H groups in total. The van der Waals surface area contributed by atoms with Gasteiger partial charge in [-0.3, -0.25) is 4.79 Å². The van der Waals surface area contributed by atoms with Gasteiger partial charge in [0.2, 0.25) is 0 Å². The summed E-state index contributed by atoms with van der Waals surface area (Å²) in [6.45, 7) is 0. The lowest BCUT2D eigenvalue weighted by molar-refractivity contribution is -0.110. The molecule has 5 heteroatoms. The Labute approximate surface area is 115 Å². The van der Waals surface area contributed by atoms with E-state index in [9.17, 15) is 9.18 Å². The van der Waals surface area contributed by atoms with Crippen molar-refractivity contribution in [3.8, 4) is 0 Å². The maximum absolute atomic E-state index is 13.4. The highest BCUT2D eigenvalue weighted by Gasteiger charge is 2.11. The van der Waals surface area contributed by atoms with Crippen LogP contribution in [0.1, 0.15) is 0 Å². The molecule has 1 amide bonds. The quantitative estimate of drug-likeness (QED) is 0.826. The van der Waals surface area contributed by atoms with E-state index in [2.05, 4.69) is 10.6 Å². The van der Waals surface area contributed by atoms with Crippen LogP contribution in [0.5, 0.6) is 0 Å². The van der Waals surface area contributed by atoms with Gasteiger partial charge in [-0.2, -0.15) is 0 Å². The molecule has 96 valence electrons. The van der Waals surface area contributed by atoms with E-state index in [1.807, 2.05) is 18.2 Å². The molecule has 0 bridgehead atoms. The third-order valence-corrected chi connectivity index (χ3v) is 2.65. The second-order valence-corrected chi connectivity index (χ2v) is 4.16. The SMILES string of the molecule is O=C(Nc1ccccc1F)C(=S)Nc1ccccc1. The zero-order valence-electron chi connectivity index (χ0n) is 9.89. The van der Waals surface area contributed by atoms with E-state index in [1.54, 1.807) is 24.3 Å². The molecule has 0 atom stereocenters. The molecule has 0 aromatic heterocycles. The van der Waals surface area contributed by atoms with Gasteiger partial charge in [0.1, 0.15) is 5.82 Å². The Morgan fingerprint density at radius 3 is 2.26 bits per heavy atom. The van der Waals surface area contributed by atoms with Crippen LogP contribution in [0.15, 0.2) is 54.6 Å². The van der Waals surface area contributed by atoms with Crippen molar-refractivity contribution < 1.29 is 9.18 Å². The van der Waals surface area contributed by atoms with Crippen LogP contribution in [0.4, 0.5) is 15.8 Å². The first-order valence-corrected chi connectivity index (χ1v) is 5.99. The first-order valence-electron chi connectivity index (χ1n) is 5.59.